The van der Waals surface area contributed by atoms with Crippen molar-refractivity contribution in [3.8, 4) is 62.5 Å². The molecule has 0 spiro atoms. The summed E-state index contributed by atoms with van der Waals surface area (Å²) >= 11 is 0. The first kappa shape index (κ1) is 71.3. The van der Waals surface area contributed by atoms with Crippen molar-refractivity contribution >= 4 is 85.7 Å². The van der Waals surface area contributed by atoms with E-state index in [4.69, 9.17) is 48.6 Å². The Morgan fingerprint density at radius 3 is 1.14 bits per heavy atom. The smallest absolute Gasteiger partial charge is 0.251 e. The molecule has 0 aliphatic heterocycles. The third kappa shape index (κ3) is 16.4. The molecular formula is C81H86FN15O8. The third-order valence-electron chi connectivity index (χ3n) is 19.1. The zero-order chi connectivity index (χ0) is 73.1. The molecule has 3 fully saturated rings. The largest absolute Gasteiger partial charge is 0.495 e. The van der Waals surface area contributed by atoms with Crippen LogP contribution in [0.5, 0.6) is 29.1 Å². The van der Waals surface area contributed by atoms with Gasteiger partial charge in [-0.1, -0.05) is 86.1 Å². The fourth-order valence-electron chi connectivity index (χ4n) is 13.5. The van der Waals surface area contributed by atoms with Gasteiger partial charge in [0.1, 0.15) is 52.6 Å². The van der Waals surface area contributed by atoms with Crippen molar-refractivity contribution < 1.29 is 42.5 Å². The second kappa shape index (κ2) is 32.5. The number of aryl methyl sites for hydroxylation is 1. The molecule has 0 radical (unpaired) electrons. The summed E-state index contributed by atoms with van der Waals surface area (Å²) in [5.41, 5.74) is 13.8. The monoisotopic (exact) mass is 1420 g/mol. The molecule has 3 amide bonds. The second-order valence-corrected chi connectivity index (χ2v) is 26.5. The Morgan fingerprint density at radius 1 is 0.438 bits per heavy atom. The molecule has 12 aromatic rings. The van der Waals surface area contributed by atoms with Gasteiger partial charge in [0.05, 0.1) is 41.8 Å². The van der Waals surface area contributed by atoms with Crippen molar-refractivity contribution in [2.45, 2.75) is 122 Å². The Balaban J connectivity index is 0.000000140. The minimum Gasteiger partial charge on any atom is -0.495 e. The summed E-state index contributed by atoms with van der Waals surface area (Å²) in [6.45, 7) is 6.29. The minimum atomic E-state index is -0.296. The molecule has 9 N–H and O–H groups in total. The molecule has 6 aromatic heterocycles. The number of carbonyl (C=O) groups is 3. The fraction of sp³-hybridized carbons (Fsp3) is 0.296. The zero-order valence-corrected chi connectivity index (χ0v) is 60.1. The van der Waals surface area contributed by atoms with Crippen LogP contribution in [0.4, 0.5) is 39.3 Å². The topological polar surface area (TPSA) is 294 Å². The van der Waals surface area contributed by atoms with E-state index >= 15 is 0 Å². The molecule has 23 nitrogen and oxygen atoms in total. The molecular weight excluding hydrogens is 1330 g/mol. The van der Waals surface area contributed by atoms with E-state index in [0.29, 0.717) is 86.3 Å². The Labute approximate surface area is 607 Å². The SMILES string of the molecule is CNC(=O)c1ccc(Nc2nc(OC3CCCC3)c3c(-c4ccc(C)cc4)c[nH]c3n2)c(C(C)C)c1.CNC(=O)c1ccc(Nc2nc(OC3CCCC3)c3c(-c4ccc(F)cc4)c[nH]c3n2)c(OC)c1.CNC(=O)c1ccc(Nc2nc(OC3CCCC3)c3c(-c4ccccc4)c[nH]c3n2)c(OC)c1. The lowest BCUT2D eigenvalue weighted by molar-refractivity contribution is 0.0955. The van der Waals surface area contributed by atoms with E-state index in [0.717, 1.165) is 131 Å². The van der Waals surface area contributed by atoms with Crippen LogP contribution in [0.15, 0.2) is 152 Å². The lowest BCUT2D eigenvalue weighted by atomic mass is 9.98. The molecule has 3 saturated carbocycles. The van der Waals surface area contributed by atoms with E-state index in [2.05, 4.69) is 109 Å². The number of anilines is 6. The van der Waals surface area contributed by atoms with Gasteiger partial charge in [-0.15, -0.1) is 0 Å². The van der Waals surface area contributed by atoms with Gasteiger partial charge in [0.2, 0.25) is 35.5 Å². The lowest BCUT2D eigenvalue weighted by Gasteiger charge is -2.17. The van der Waals surface area contributed by atoms with E-state index in [1.165, 1.54) is 37.6 Å². The molecule has 0 saturated heterocycles. The van der Waals surface area contributed by atoms with E-state index in [1.807, 2.05) is 55.0 Å². The van der Waals surface area contributed by atoms with Gasteiger partial charge < -0.3 is 70.5 Å². The van der Waals surface area contributed by atoms with Crippen LogP contribution in [0.3, 0.4) is 0 Å². The first-order valence-electron chi connectivity index (χ1n) is 35.7. The van der Waals surface area contributed by atoms with Gasteiger partial charge in [-0.05, 0) is 179 Å². The molecule has 0 atom stereocenters. The Morgan fingerprint density at radius 2 is 0.781 bits per heavy atom. The number of nitrogens with zero attached hydrogens (tertiary/aromatic N) is 6. The summed E-state index contributed by atoms with van der Waals surface area (Å²) in [6.07, 6.45) is 19.1. The molecule has 3 aliphatic carbocycles. The number of aromatic nitrogens is 9. The quantitative estimate of drug-likeness (QED) is 0.0323. The van der Waals surface area contributed by atoms with Crippen LogP contribution in [0.1, 0.15) is 139 Å². The van der Waals surface area contributed by atoms with Crippen molar-refractivity contribution in [1.29, 1.82) is 0 Å². The molecule has 3 aliphatic rings. The van der Waals surface area contributed by atoms with Crippen LogP contribution in [0, 0.1) is 12.7 Å². The summed E-state index contributed by atoms with van der Waals surface area (Å²) in [7, 11) is 7.90. The Bertz CT molecular complexity index is 5060. The number of rotatable bonds is 21. The van der Waals surface area contributed by atoms with Crippen LogP contribution >= 0.6 is 0 Å². The maximum absolute atomic E-state index is 13.5. The molecule has 105 heavy (non-hydrogen) atoms. The normalized spacial score (nSPS) is 13.8. The van der Waals surface area contributed by atoms with Crippen LogP contribution in [0.25, 0.3) is 66.5 Å². The van der Waals surface area contributed by atoms with Crippen molar-refractivity contribution in [2.24, 2.45) is 0 Å². The highest BCUT2D eigenvalue weighted by Crippen LogP contribution is 2.42. The predicted octanol–water partition coefficient (Wildman–Crippen LogP) is 16.7. The van der Waals surface area contributed by atoms with Crippen molar-refractivity contribution in [3.63, 3.8) is 0 Å². The number of hydrogen-bond donors (Lipinski definition) is 9. The number of aromatic amines is 3. The molecule has 540 valence electrons. The summed E-state index contributed by atoms with van der Waals surface area (Å²) in [6, 6.07) is 40.8. The van der Waals surface area contributed by atoms with E-state index in [-0.39, 0.29) is 47.8 Å². The number of H-pyrrole nitrogens is 3. The summed E-state index contributed by atoms with van der Waals surface area (Å²) in [5, 5.41) is 20.3. The average molecular weight is 1420 g/mol. The zero-order valence-electron chi connectivity index (χ0n) is 60.1. The van der Waals surface area contributed by atoms with Crippen molar-refractivity contribution in [2.75, 3.05) is 51.3 Å². The number of methoxy groups -OCH3 is 2. The van der Waals surface area contributed by atoms with Crippen molar-refractivity contribution in [3.05, 3.63) is 186 Å². The number of hydrogen-bond acceptors (Lipinski definition) is 17. The molecule has 0 bridgehead atoms. The Kier molecular flexibility index (Phi) is 22.1. The lowest BCUT2D eigenvalue weighted by Crippen LogP contribution is -2.18. The predicted molar refractivity (Wildman–Crippen MR) is 408 cm³/mol. The highest BCUT2D eigenvalue weighted by molar-refractivity contribution is 6.01. The number of amides is 3. The summed E-state index contributed by atoms with van der Waals surface area (Å²) in [4.78, 5) is 74.5. The van der Waals surface area contributed by atoms with Gasteiger partial charge in [0.15, 0.2) is 0 Å². The van der Waals surface area contributed by atoms with Gasteiger partial charge in [-0.3, -0.25) is 14.4 Å². The average Bonchev–Trinajstić information content (AvgIpc) is 1.67. The van der Waals surface area contributed by atoms with Gasteiger partial charge >= 0.3 is 0 Å². The first-order valence-corrected chi connectivity index (χ1v) is 35.7. The maximum atomic E-state index is 13.5. The number of nitrogens with one attached hydrogen (secondary N) is 9. The van der Waals surface area contributed by atoms with Gasteiger partial charge in [0.25, 0.3) is 17.7 Å². The van der Waals surface area contributed by atoms with Gasteiger partial charge in [-0.25, -0.2) is 4.39 Å². The number of carbonyl (C=O) groups excluding carboxylic acids is 3. The third-order valence-corrected chi connectivity index (χ3v) is 19.1. The van der Waals surface area contributed by atoms with E-state index < -0.39 is 0 Å². The molecule has 6 heterocycles. The number of fused-ring (bicyclic) bond motifs is 3. The summed E-state index contributed by atoms with van der Waals surface area (Å²) < 4.78 is 43.8. The fourth-order valence-corrected chi connectivity index (χ4v) is 13.5. The molecule has 24 heteroatoms. The van der Waals surface area contributed by atoms with Gasteiger partial charge in [0, 0.05) is 78.8 Å². The first-order chi connectivity index (χ1) is 51.1. The maximum Gasteiger partial charge on any atom is 0.251 e. The van der Waals surface area contributed by atoms with Crippen LogP contribution in [-0.2, 0) is 0 Å². The molecule has 15 rings (SSSR count). The summed E-state index contributed by atoms with van der Waals surface area (Å²) in [5.74, 6) is 3.18. The van der Waals surface area contributed by atoms with Crippen LogP contribution < -0.4 is 55.6 Å². The highest BCUT2D eigenvalue weighted by atomic mass is 19.1. The standard InChI is InChI=1S/C29H33N5O2.C26H26FN5O3.C26H27N5O3/c1-17(2)22-15-20(27(35)30-4)13-14-24(22)32-29-33-26-25(28(34-29)36-21-7-5-6-8-21)23(16-31-26)19-11-9-18(3)10-12-19;1-28-24(33)16-9-12-20(21(13-16)34-2)30-26-31-23-22(25(32-26)35-18-5-3-4-6-18)19(14-29-23)15-7-10-17(27)11-8-15;1-27-24(32)17-12-13-20(21(14-17)33-2)29-26-30-23-22(25(31-26)34-18-10-6-7-11-18)19(15-28-23)16-8-4-3-5-9-16/h9-17,21H,5-8H2,1-4H3,(H,30,35)(H2,31,32,33,34);7-14,18H,3-6H2,1-2H3,(H,28,33)(H2,29,30,31,32);3-5,8-9,12-15,18H,6-7,10-11H2,1-2H3,(H,27,32)(H2,28,29,30,31). The highest BCUT2D eigenvalue weighted by Gasteiger charge is 2.28. The Hall–Kier alpha value is -12.1. The number of benzene rings is 6. The number of ether oxygens (including phenoxy) is 5. The van der Waals surface area contributed by atoms with Crippen LogP contribution in [0.2, 0.25) is 0 Å². The minimum absolute atomic E-state index is 0.0818. The van der Waals surface area contributed by atoms with E-state index in [9.17, 15) is 18.8 Å². The molecule has 0 unspecified atom stereocenters. The second-order valence-electron chi connectivity index (χ2n) is 26.5. The number of halogens is 1. The van der Waals surface area contributed by atoms with E-state index in [1.54, 1.807) is 76.8 Å². The van der Waals surface area contributed by atoms with Gasteiger partial charge in [-0.2, -0.15) is 29.9 Å². The van der Waals surface area contributed by atoms with Crippen molar-refractivity contribution in [1.82, 2.24) is 60.8 Å². The molecule has 6 aromatic carbocycles. The van der Waals surface area contributed by atoms with Crippen LogP contribution in [-0.4, -0.2) is 116 Å².